The Kier molecular flexibility index (Phi) is 7.60. The van der Waals surface area contributed by atoms with Gasteiger partial charge < -0.3 is 24.9 Å². The van der Waals surface area contributed by atoms with E-state index in [0.29, 0.717) is 11.8 Å². The van der Waals surface area contributed by atoms with E-state index in [0.717, 1.165) is 0 Å². The van der Waals surface area contributed by atoms with E-state index < -0.39 is 17.8 Å². The third kappa shape index (κ3) is 6.97. The average Bonchev–Trinajstić information content (AvgIpc) is 3.29. The van der Waals surface area contributed by atoms with Crippen LogP contribution in [0.1, 0.15) is 18.2 Å². The normalized spacial score (nSPS) is 10.8. The molecule has 9 nitrogen and oxygen atoms in total. The maximum Gasteiger partial charge on any atom is 0.432 e. The van der Waals surface area contributed by atoms with Crippen molar-refractivity contribution in [3.63, 3.8) is 0 Å². The molecule has 35 heavy (non-hydrogen) atoms. The summed E-state index contributed by atoms with van der Waals surface area (Å²) in [4.78, 5) is 40.9. The highest BCUT2D eigenvalue weighted by Crippen LogP contribution is 2.32. The molecule has 0 atom stereocenters. The number of carbonyl (C=O) groups is 2. The molecule has 2 aromatic heterocycles. The average molecular weight is 487 g/mol. The van der Waals surface area contributed by atoms with Crippen molar-refractivity contribution < 1.29 is 27.5 Å². The van der Waals surface area contributed by atoms with Crippen molar-refractivity contribution in [1.29, 1.82) is 0 Å². The Morgan fingerprint density at radius 2 is 2.00 bits per heavy atom. The lowest BCUT2D eigenvalue weighted by molar-refractivity contribution is -0.140. The number of hydrogen-bond acceptors (Lipinski definition) is 5. The van der Waals surface area contributed by atoms with Crippen LogP contribution in [0, 0.1) is 11.8 Å². The number of benzene rings is 1. The lowest BCUT2D eigenvalue weighted by atomic mass is 10.1. The first-order chi connectivity index (χ1) is 16.5. The minimum absolute atomic E-state index is 0.0612. The van der Waals surface area contributed by atoms with Gasteiger partial charge in [-0.2, -0.15) is 13.2 Å². The topological polar surface area (TPSA) is 118 Å². The van der Waals surface area contributed by atoms with Crippen LogP contribution in [-0.4, -0.2) is 39.5 Å². The second kappa shape index (κ2) is 10.6. The number of aromatic nitrogens is 3. The summed E-state index contributed by atoms with van der Waals surface area (Å²) in [7, 11) is 1.54. The van der Waals surface area contributed by atoms with E-state index in [1.54, 1.807) is 7.05 Å². The molecule has 0 spiro atoms. The van der Waals surface area contributed by atoms with E-state index in [1.807, 2.05) is 0 Å². The first-order valence-corrected chi connectivity index (χ1v) is 10.2. The van der Waals surface area contributed by atoms with Crippen LogP contribution in [-0.2, 0) is 22.8 Å². The van der Waals surface area contributed by atoms with Crippen molar-refractivity contribution in [2.24, 2.45) is 7.05 Å². The van der Waals surface area contributed by atoms with E-state index in [4.69, 9.17) is 4.74 Å². The quantitative estimate of drug-likeness (QED) is 0.364. The summed E-state index contributed by atoms with van der Waals surface area (Å²) in [5.74, 6) is 4.19. The lowest BCUT2D eigenvalue weighted by Crippen LogP contribution is -2.25. The third-order valence-corrected chi connectivity index (χ3v) is 4.52. The Morgan fingerprint density at radius 1 is 1.23 bits per heavy atom. The first-order valence-electron chi connectivity index (χ1n) is 10.2. The summed E-state index contributed by atoms with van der Waals surface area (Å²) in [6, 6.07) is 7.09. The molecule has 12 heteroatoms. The van der Waals surface area contributed by atoms with Gasteiger partial charge in [-0.15, -0.1) is 0 Å². The number of aryl methyl sites for hydroxylation is 1. The summed E-state index contributed by atoms with van der Waals surface area (Å²) in [5.41, 5.74) is -0.426. The molecule has 0 bridgehead atoms. The molecule has 0 fully saturated rings. The van der Waals surface area contributed by atoms with Crippen molar-refractivity contribution >= 4 is 17.5 Å². The predicted molar refractivity (Wildman–Crippen MR) is 120 cm³/mol. The summed E-state index contributed by atoms with van der Waals surface area (Å²) in [6.07, 6.45) is -2.45. The number of H-pyrrole nitrogens is 1. The van der Waals surface area contributed by atoms with Crippen LogP contribution < -0.4 is 20.9 Å². The number of imidazole rings is 1. The molecule has 0 saturated heterocycles. The smallest absolute Gasteiger partial charge is 0.432 e. The van der Waals surface area contributed by atoms with E-state index in [1.165, 1.54) is 48.0 Å². The van der Waals surface area contributed by atoms with Gasteiger partial charge in [0.25, 0.3) is 0 Å². The second-order valence-corrected chi connectivity index (χ2v) is 7.26. The van der Waals surface area contributed by atoms with E-state index in [2.05, 4.69) is 32.4 Å². The molecule has 0 unspecified atom stereocenters. The van der Waals surface area contributed by atoms with Gasteiger partial charge in [0.05, 0.1) is 18.4 Å². The minimum atomic E-state index is -4.59. The van der Waals surface area contributed by atoms with Gasteiger partial charge in [0.1, 0.15) is 23.9 Å². The predicted octanol–water partition coefficient (Wildman–Crippen LogP) is 2.30. The second-order valence-electron chi connectivity index (χ2n) is 7.26. The molecule has 3 aromatic rings. The molecule has 0 aliphatic carbocycles. The minimum Gasteiger partial charge on any atom is -0.490 e. The highest BCUT2D eigenvalue weighted by Gasteiger charge is 2.33. The molecule has 1 aromatic carbocycles. The molecule has 2 heterocycles. The van der Waals surface area contributed by atoms with Gasteiger partial charge in [-0.05, 0) is 24.3 Å². The third-order valence-electron chi connectivity index (χ3n) is 4.52. The molecule has 0 aliphatic heterocycles. The van der Waals surface area contributed by atoms with Crippen LogP contribution in [0.15, 0.2) is 47.5 Å². The maximum atomic E-state index is 12.9. The highest BCUT2D eigenvalue weighted by atomic mass is 19.4. The fourth-order valence-electron chi connectivity index (χ4n) is 2.85. The van der Waals surface area contributed by atoms with Crippen molar-refractivity contribution in [1.82, 2.24) is 19.9 Å². The first kappa shape index (κ1) is 25.1. The summed E-state index contributed by atoms with van der Waals surface area (Å²) >= 11 is 0. The van der Waals surface area contributed by atoms with Gasteiger partial charge >= 0.3 is 12.1 Å². The monoisotopic (exact) mass is 487 g/mol. The van der Waals surface area contributed by atoms with Crippen LogP contribution >= 0.6 is 0 Å². The standard InChI is InChI=1S/C23H20F3N5O4/c1-14(32)27-9-10-35-18-6-5-16(22-28-12-19(30-22)23(24,25)26)11-17(18)29-20(33)7-3-15-4-8-21(34)31(2)13-15/h4-6,8,11-13H,9-10H2,1-2H3,(H,27,32)(H,28,30)(H,29,33). The van der Waals surface area contributed by atoms with Crippen molar-refractivity contribution in [3.8, 4) is 29.0 Å². The van der Waals surface area contributed by atoms with Crippen LogP contribution in [0.5, 0.6) is 5.75 Å². The van der Waals surface area contributed by atoms with Gasteiger partial charge in [-0.1, -0.05) is 5.92 Å². The number of alkyl halides is 3. The Labute approximate surface area is 197 Å². The largest absolute Gasteiger partial charge is 0.490 e. The summed E-state index contributed by atoms with van der Waals surface area (Å²) < 4.78 is 45.7. The van der Waals surface area contributed by atoms with Crippen LogP contribution in [0.4, 0.5) is 18.9 Å². The van der Waals surface area contributed by atoms with Gasteiger partial charge in [-0.25, -0.2) is 4.98 Å². The molecule has 3 rings (SSSR count). The molecule has 3 N–H and O–H groups in total. The summed E-state index contributed by atoms with van der Waals surface area (Å²) in [6.45, 7) is 1.62. The molecule has 0 radical (unpaired) electrons. The van der Waals surface area contributed by atoms with E-state index >= 15 is 0 Å². The highest BCUT2D eigenvalue weighted by molar-refractivity contribution is 6.05. The number of nitrogens with zero attached hydrogens (tertiary/aromatic N) is 2. The Bertz CT molecular complexity index is 1370. The van der Waals surface area contributed by atoms with Crippen LogP contribution in [0.25, 0.3) is 11.4 Å². The Balaban J connectivity index is 1.85. The fourth-order valence-corrected chi connectivity index (χ4v) is 2.85. The van der Waals surface area contributed by atoms with Crippen molar-refractivity contribution in [2.45, 2.75) is 13.1 Å². The van der Waals surface area contributed by atoms with Crippen molar-refractivity contribution in [2.75, 3.05) is 18.5 Å². The number of aromatic amines is 1. The lowest BCUT2D eigenvalue weighted by Gasteiger charge is -2.13. The number of halogens is 3. The molecule has 182 valence electrons. The molecule has 0 saturated carbocycles. The fraction of sp³-hybridized carbons (Fsp3) is 0.217. The van der Waals surface area contributed by atoms with Gasteiger partial charge in [0.2, 0.25) is 11.5 Å². The van der Waals surface area contributed by atoms with Gasteiger partial charge in [0.15, 0.2) is 0 Å². The SMILES string of the molecule is CC(=O)NCCOc1ccc(-c2ncc(C(F)(F)F)[nH]2)cc1NC(=O)C#Cc1ccc(=O)n(C)c1. The molecular formula is C23H20F3N5O4. The number of ether oxygens (including phenoxy) is 1. The van der Waals surface area contributed by atoms with E-state index in [-0.39, 0.29) is 47.4 Å². The number of carbonyl (C=O) groups excluding carboxylic acids is 2. The Hall–Kier alpha value is -4.53. The maximum absolute atomic E-state index is 12.9. The zero-order valence-electron chi connectivity index (χ0n) is 18.6. The number of hydrogen-bond donors (Lipinski definition) is 3. The number of nitrogens with one attached hydrogen (secondary N) is 3. The number of rotatable bonds is 6. The molecular weight excluding hydrogens is 467 g/mol. The van der Waals surface area contributed by atoms with Crippen molar-refractivity contribution in [3.05, 3.63) is 64.3 Å². The molecule has 2 amide bonds. The van der Waals surface area contributed by atoms with Crippen LogP contribution in [0.2, 0.25) is 0 Å². The van der Waals surface area contributed by atoms with E-state index in [9.17, 15) is 27.6 Å². The van der Waals surface area contributed by atoms with Gasteiger partial charge in [0, 0.05) is 43.3 Å². The number of pyridine rings is 1. The number of amides is 2. The zero-order chi connectivity index (χ0) is 25.6. The zero-order valence-corrected chi connectivity index (χ0v) is 18.6. The molecule has 0 aliphatic rings. The number of anilines is 1. The van der Waals surface area contributed by atoms with Gasteiger partial charge in [-0.3, -0.25) is 14.4 Å². The summed E-state index contributed by atoms with van der Waals surface area (Å²) in [5, 5.41) is 5.10. The Morgan fingerprint density at radius 3 is 2.66 bits per heavy atom. The van der Waals surface area contributed by atoms with Crippen LogP contribution in [0.3, 0.4) is 0 Å².